The van der Waals surface area contributed by atoms with Crippen LogP contribution in [0.15, 0.2) is 64.7 Å². The highest BCUT2D eigenvalue weighted by atomic mass is 35.5. The lowest BCUT2D eigenvalue weighted by atomic mass is 10.2. The molecule has 0 atom stereocenters. The maximum atomic E-state index is 13.8. The molecule has 0 aliphatic rings. The first kappa shape index (κ1) is 16.8. The Balaban J connectivity index is 1.71. The van der Waals surface area contributed by atoms with Crippen molar-refractivity contribution in [2.24, 2.45) is 0 Å². The molecular formula is C18H12ClFN4OS. The SMILES string of the molecule is O=c1[nH]c(SCc2ccccc2F)nc2c1cnn2-c1ccc(Cl)cc1. The topological polar surface area (TPSA) is 63.6 Å². The molecular weight excluding hydrogens is 375 g/mol. The maximum absolute atomic E-state index is 13.8. The number of nitrogens with zero attached hydrogens (tertiary/aromatic N) is 3. The molecule has 130 valence electrons. The Hall–Kier alpha value is -2.64. The van der Waals surface area contributed by atoms with Crippen LogP contribution in [0, 0.1) is 5.82 Å². The Morgan fingerprint density at radius 1 is 1.15 bits per heavy atom. The first-order valence-electron chi connectivity index (χ1n) is 7.72. The minimum absolute atomic E-state index is 0.283. The van der Waals surface area contributed by atoms with E-state index in [9.17, 15) is 9.18 Å². The van der Waals surface area contributed by atoms with Crippen LogP contribution in [0.3, 0.4) is 0 Å². The summed E-state index contributed by atoms with van der Waals surface area (Å²) in [4.78, 5) is 19.5. The molecule has 0 fully saturated rings. The van der Waals surface area contributed by atoms with Crippen LogP contribution in [0.2, 0.25) is 5.02 Å². The Morgan fingerprint density at radius 2 is 1.92 bits per heavy atom. The van der Waals surface area contributed by atoms with Crippen LogP contribution in [0.1, 0.15) is 5.56 Å². The molecule has 2 heterocycles. The molecule has 1 N–H and O–H groups in total. The van der Waals surface area contributed by atoms with Gasteiger partial charge in [0.05, 0.1) is 11.9 Å². The summed E-state index contributed by atoms with van der Waals surface area (Å²) >= 11 is 7.18. The average molecular weight is 387 g/mol. The van der Waals surface area contributed by atoms with Gasteiger partial charge in [-0.15, -0.1) is 0 Å². The van der Waals surface area contributed by atoms with E-state index < -0.39 is 0 Å². The molecule has 0 aliphatic heterocycles. The van der Waals surface area contributed by atoms with Crippen LogP contribution in [0.25, 0.3) is 16.7 Å². The third-order valence-corrected chi connectivity index (χ3v) is 4.98. The second-order valence-electron chi connectivity index (χ2n) is 5.52. The summed E-state index contributed by atoms with van der Waals surface area (Å²) in [5, 5.41) is 5.65. The number of hydrogen-bond acceptors (Lipinski definition) is 4. The summed E-state index contributed by atoms with van der Waals surface area (Å²) in [7, 11) is 0. The first-order chi connectivity index (χ1) is 12.6. The molecule has 0 saturated carbocycles. The van der Waals surface area contributed by atoms with Crippen molar-refractivity contribution in [3.05, 3.63) is 81.5 Å². The van der Waals surface area contributed by atoms with E-state index in [4.69, 9.17) is 11.6 Å². The van der Waals surface area contributed by atoms with Gasteiger partial charge in [-0.2, -0.15) is 5.10 Å². The molecule has 4 aromatic rings. The van der Waals surface area contributed by atoms with Crippen LogP contribution < -0.4 is 5.56 Å². The molecule has 2 aromatic heterocycles. The van der Waals surface area contributed by atoms with Gasteiger partial charge in [-0.25, -0.2) is 14.1 Å². The highest BCUT2D eigenvalue weighted by molar-refractivity contribution is 7.98. The Kier molecular flexibility index (Phi) is 4.48. The van der Waals surface area contributed by atoms with Crippen LogP contribution in [-0.4, -0.2) is 19.7 Å². The smallest absolute Gasteiger partial charge is 0.262 e. The van der Waals surface area contributed by atoms with E-state index in [1.54, 1.807) is 47.1 Å². The van der Waals surface area contributed by atoms with Gasteiger partial charge in [-0.05, 0) is 35.9 Å². The maximum Gasteiger partial charge on any atom is 0.262 e. The Morgan fingerprint density at radius 3 is 2.69 bits per heavy atom. The molecule has 4 rings (SSSR count). The summed E-state index contributed by atoms with van der Waals surface area (Å²) in [6.07, 6.45) is 1.47. The van der Waals surface area contributed by atoms with Gasteiger partial charge in [0.1, 0.15) is 11.2 Å². The summed E-state index contributed by atoms with van der Waals surface area (Å²) in [5.41, 5.74) is 1.44. The summed E-state index contributed by atoms with van der Waals surface area (Å²) in [6, 6.07) is 13.6. The van der Waals surface area contributed by atoms with Crippen LogP contribution in [-0.2, 0) is 5.75 Å². The lowest BCUT2D eigenvalue weighted by molar-refractivity contribution is 0.617. The fourth-order valence-electron chi connectivity index (χ4n) is 2.50. The number of benzene rings is 2. The van der Waals surface area contributed by atoms with Crippen LogP contribution in [0.4, 0.5) is 4.39 Å². The first-order valence-corrected chi connectivity index (χ1v) is 9.08. The highest BCUT2D eigenvalue weighted by Gasteiger charge is 2.12. The number of aromatic amines is 1. The number of hydrogen-bond donors (Lipinski definition) is 1. The summed E-state index contributed by atoms with van der Waals surface area (Å²) in [5.74, 6) is 0.0746. The third kappa shape index (κ3) is 3.23. The fourth-order valence-corrected chi connectivity index (χ4v) is 3.47. The summed E-state index contributed by atoms with van der Waals surface area (Å²) in [6.45, 7) is 0. The predicted octanol–water partition coefficient (Wildman–Crippen LogP) is 4.19. The monoisotopic (exact) mass is 386 g/mol. The standard InChI is InChI=1S/C18H12ClFN4OS/c19-12-5-7-13(8-6-12)24-16-14(9-21-24)17(25)23-18(22-16)26-10-11-3-1-2-4-15(11)20/h1-9H,10H2,(H,22,23,25). The van der Waals surface area contributed by atoms with E-state index in [2.05, 4.69) is 15.1 Å². The quantitative estimate of drug-likeness (QED) is 0.422. The number of fused-ring (bicyclic) bond motifs is 1. The van der Waals surface area contributed by atoms with E-state index in [0.717, 1.165) is 5.69 Å². The van der Waals surface area contributed by atoms with Gasteiger partial charge in [0.2, 0.25) is 0 Å². The lowest BCUT2D eigenvalue weighted by Crippen LogP contribution is -2.09. The number of nitrogens with one attached hydrogen (secondary N) is 1. The van der Waals surface area contributed by atoms with E-state index in [1.165, 1.54) is 24.0 Å². The van der Waals surface area contributed by atoms with Gasteiger partial charge >= 0.3 is 0 Å². The molecule has 0 saturated heterocycles. The minimum atomic E-state index is -0.286. The van der Waals surface area contributed by atoms with E-state index in [-0.39, 0.29) is 11.4 Å². The van der Waals surface area contributed by atoms with E-state index >= 15 is 0 Å². The Bertz CT molecular complexity index is 1140. The molecule has 0 spiro atoms. The van der Waals surface area contributed by atoms with Crippen molar-refractivity contribution < 1.29 is 4.39 Å². The van der Waals surface area contributed by atoms with E-state index in [1.807, 2.05) is 0 Å². The van der Waals surface area contributed by atoms with E-state index in [0.29, 0.717) is 32.5 Å². The molecule has 26 heavy (non-hydrogen) atoms. The highest BCUT2D eigenvalue weighted by Crippen LogP contribution is 2.22. The van der Waals surface area contributed by atoms with Crippen molar-refractivity contribution in [3.63, 3.8) is 0 Å². The molecule has 0 amide bonds. The Labute approximate surface area is 156 Å². The third-order valence-electron chi connectivity index (χ3n) is 3.81. The van der Waals surface area contributed by atoms with Gasteiger partial charge in [0.15, 0.2) is 10.8 Å². The average Bonchev–Trinajstić information content (AvgIpc) is 3.06. The van der Waals surface area contributed by atoms with Gasteiger partial charge in [0.25, 0.3) is 5.56 Å². The number of halogens is 2. The number of aromatic nitrogens is 4. The zero-order chi connectivity index (χ0) is 18.1. The normalized spacial score (nSPS) is 11.2. The zero-order valence-electron chi connectivity index (χ0n) is 13.3. The minimum Gasteiger partial charge on any atom is -0.301 e. The molecule has 5 nitrogen and oxygen atoms in total. The fraction of sp³-hybridized carbons (Fsp3) is 0.0556. The molecule has 0 radical (unpaired) electrons. The molecule has 2 aromatic carbocycles. The molecule has 0 bridgehead atoms. The summed E-state index contributed by atoms with van der Waals surface area (Å²) < 4.78 is 15.3. The van der Waals surface area contributed by atoms with Crippen molar-refractivity contribution >= 4 is 34.4 Å². The van der Waals surface area contributed by atoms with Gasteiger partial charge in [0, 0.05) is 10.8 Å². The van der Waals surface area contributed by atoms with Gasteiger partial charge < -0.3 is 4.98 Å². The number of H-pyrrole nitrogens is 1. The lowest BCUT2D eigenvalue weighted by Gasteiger charge is -2.05. The van der Waals surface area contributed by atoms with Crippen LogP contribution in [0.5, 0.6) is 0 Å². The van der Waals surface area contributed by atoms with Gasteiger partial charge in [-0.3, -0.25) is 4.79 Å². The number of rotatable bonds is 4. The second kappa shape index (κ2) is 6.93. The van der Waals surface area contributed by atoms with Crippen molar-refractivity contribution in [2.75, 3.05) is 0 Å². The second-order valence-corrected chi connectivity index (χ2v) is 6.92. The van der Waals surface area contributed by atoms with Crippen molar-refractivity contribution in [2.45, 2.75) is 10.9 Å². The van der Waals surface area contributed by atoms with Crippen molar-refractivity contribution in [1.29, 1.82) is 0 Å². The van der Waals surface area contributed by atoms with Crippen molar-refractivity contribution in [3.8, 4) is 5.69 Å². The largest absolute Gasteiger partial charge is 0.301 e. The van der Waals surface area contributed by atoms with Gasteiger partial charge in [-0.1, -0.05) is 41.6 Å². The van der Waals surface area contributed by atoms with Crippen LogP contribution >= 0.6 is 23.4 Å². The zero-order valence-corrected chi connectivity index (χ0v) is 14.9. The van der Waals surface area contributed by atoms with Crippen molar-refractivity contribution in [1.82, 2.24) is 19.7 Å². The molecule has 0 unspecified atom stereocenters. The predicted molar refractivity (Wildman–Crippen MR) is 100 cm³/mol. The molecule has 0 aliphatic carbocycles. The molecule has 8 heteroatoms. The number of thioether (sulfide) groups is 1.